The second-order valence-corrected chi connectivity index (χ2v) is 6.23. The molecule has 92 valence electrons. The molecule has 1 aromatic rings. The van der Waals surface area contributed by atoms with Crippen molar-refractivity contribution in [3.63, 3.8) is 0 Å². The van der Waals surface area contributed by atoms with Gasteiger partial charge in [-0.05, 0) is 38.1 Å². The van der Waals surface area contributed by atoms with Crippen LogP contribution in [-0.4, -0.2) is 25.1 Å². The Hall–Kier alpha value is -0.870. The van der Waals surface area contributed by atoms with Gasteiger partial charge in [-0.1, -0.05) is 6.42 Å². The highest BCUT2D eigenvalue weighted by molar-refractivity contribution is 8.00. The Balaban J connectivity index is 1.76. The molecule has 1 aliphatic heterocycles. The van der Waals surface area contributed by atoms with E-state index in [4.69, 9.17) is 9.47 Å². The third kappa shape index (κ3) is 2.11. The monoisotopic (exact) mass is 251 g/mol. The molecular formula is C13H17NO2S. The summed E-state index contributed by atoms with van der Waals surface area (Å²) in [4.78, 5) is 1.28. The number of hydrogen-bond acceptors (Lipinski definition) is 4. The fraction of sp³-hybridized carbons (Fsp3) is 0.538. The molecule has 0 radical (unpaired) electrons. The zero-order valence-corrected chi connectivity index (χ0v) is 10.8. The van der Waals surface area contributed by atoms with Gasteiger partial charge in [-0.3, -0.25) is 0 Å². The number of nitrogens with one attached hydrogen (secondary N) is 1. The fourth-order valence-electron chi connectivity index (χ4n) is 2.40. The third-order valence-corrected chi connectivity index (χ3v) is 4.92. The second kappa shape index (κ2) is 4.42. The van der Waals surface area contributed by atoms with Gasteiger partial charge >= 0.3 is 0 Å². The highest BCUT2D eigenvalue weighted by atomic mass is 32.2. The van der Waals surface area contributed by atoms with Crippen molar-refractivity contribution in [3.8, 4) is 11.5 Å². The van der Waals surface area contributed by atoms with Gasteiger partial charge in [0, 0.05) is 16.2 Å². The van der Waals surface area contributed by atoms with E-state index in [0.717, 1.165) is 18.0 Å². The van der Waals surface area contributed by atoms with Crippen molar-refractivity contribution >= 4 is 11.8 Å². The van der Waals surface area contributed by atoms with Crippen molar-refractivity contribution in [1.82, 2.24) is 5.32 Å². The van der Waals surface area contributed by atoms with Crippen molar-refractivity contribution in [3.05, 3.63) is 18.2 Å². The highest BCUT2D eigenvalue weighted by Gasteiger charge is 2.37. The first kappa shape index (κ1) is 11.2. The van der Waals surface area contributed by atoms with Crippen LogP contribution in [0, 0.1) is 0 Å². The summed E-state index contributed by atoms with van der Waals surface area (Å²) >= 11 is 1.97. The fourth-order valence-corrected chi connectivity index (χ4v) is 3.91. The van der Waals surface area contributed by atoms with E-state index in [1.807, 2.05) is 24.9 Å². The van der Waals surface area contributed by atoms with Crippen LogP contribution in [0.15, 0.2) is 23.1 Å². The molecule has 0 aromatic heterocycles. The molecule has 0 atom stereocenters. The Kier molecular flexibility index (Phi) is 2.92. The molecule has 3 nitrogen and oxygen atoms in total. The Labute approximate surface area is 106 Å². The summed E-state index contributed by atoms with van der Waals surface area (Å²) in [5, 5.41) is 3.31. The summed E-state index contributed by atoms with van der Waals surface area (Å²) in [6.45, 7) is 1.43. The predicted octanol–water partition coefficient (Wildman–Crippen LogP) is 2.65. The standard InChI is InChI=1S/C13H17NO2S/c1-14-8-13(5-2-6-13)17-10-3-4-11-12(7-10)16-9-15-11/h3-4,7,14H,2,5-6,8-9H2,1H3. The molecule has 1 saturated carbocycles. The van der Waals surface area contributed by atoms with Crippen molar-refractivity contribution < 1.29 is 9.47 Å². The van der Waals surface area contributed by atoms with E-state index >= 15 is 0 Å². The van der Waals surface area contributed by atoms with E-state index in [1.54, 1.807) is 0 Å². The minimum Gasteiger partial charge on any atom is -0.454 e. The van der Waals surface area contributed by atoms with Gasteiger partial charge in [-0.15, -0.1) is 11.8 Å². The number of hydrogen-bond donors (Lipinski definition) is 1. The van der Waals surface area contributed by atoms with E-state index in [9.17, 15) is 0 Å². The van der Waals surface area contributed by atoms with Crippen LogP contribution in [-0.2, 0) is 0 Å². The lowest BCUT2D eigenvalue weighted by atomic mass is 9.84. The van der Waals surface area contributed by atoms with Gasteiger partial charge in [0.1, 0.15) is 0 Å². The summed E-state index contributed by atoms with van der Waals surface area (Å²) in [5.41, 5.74) is 0. The van der Waals surface area contributed by atoms with E-state index in [1.165, 1.54) is 24.2 Å². The van der Waals surface area contributed by atoms with Gasteiger partial charge < -0.3 is 14.8 Å². The van der Waals surface area contributed by atoms with Crippen LogP contribution in [0.2, 0.25) is 0 Å². The SMILES string of the molecule is CNCC1(Sc2ccc3c(c2)OCO3)CCC1. The molecule has 3 rings (SSSR count). The first-order valence-corrected chi connectivity index (χ1v) is 6.86. The van der Waals surface area contributed by atoms with Crippen LogP contribution in [0.3, 0.4) is 0 Å². The lowest BCUT2D eigenvalue weighted by Crippen LogP contribution is -2.42. The normalized spacial score (nSPS) is 20.1. The van der Waals surface area contributed by atoms with Crippen LogP contribution in [0.25, 0.3) is 0 Å². The van der Waals surface area contributed by atoms with Crippen molar-refractivity contribution in [2.75, 3.05) is 20.4 Å². The summed E-state index contributed by atoms with van der Waals surface area (Å²) < 4.78 is 11.1. The van der Waals surface area contributed by atoms with E-state index in [0.29, 0.717) is 11.5 Å². The van der Waals surface area contributed by atoms with Crippen molar-refractivity contribution in [2.24, 2.45) is 0 Å². The summed E-state index contributed by atoms with van der Waals surface area (Å²) in [7, 11) is 2.03. The Morgan fingerprint density at radius 3 is 2.82 bits per heavy atom. The quantitative estimate of drug-likeness (QED) is 0.891. The smallest absolute Gasteiger partial charge is 0.231 e. The molecule has 0 saturated heterocycles. The van der Waals surface area contributed by atoms with E-state index in [2.05, 4.69) is 17.4 Å². The third-order valence-electron chi connectivity index (χ3n) is 3.44. The summed E-state index contributed by atoms with van der Waals surface area (Å²) in [6.07, 6.45) is 3.94. The van der Waals surface area contributed by atoms with Gasteiger partial charge in [0.05, 0.1) is 0 Å². The molecule has 0 spiro atoms. The van der Waals surface area contributed by atoms with Gasteiger partial charge in [0.15, 0.2) is 11.5 Å². The Bertz CT molecular complexity index is 418. The first-order chi connectivity index (χ1) is 8.31. The van der Waals surface area contributed by atoms with Crippen LogP contribution in [0.5, 0.6) is 11.5 Å². The lowest BCUT2D eigenvalue weighted by Gasteiger charge is -2.41. The minimum atomic E-state index is 0.352. The summed E-state index contributed by atoms with van der Waals surface area (Å²) in [5.74, 6) is 1.75. The maximum atomic E-state index is 5.41. The number of fused-ring (bicyclic) bond motifs is 1. The molecular weight excluding hydrogens is 234 g/mol. The van der Waals surface area contributed by atoms with Gasteiger partial charge in [0.25, 0.3) is 0 Å². The molecule has 17 heavy (non-hydrogen) atoms. The zero-order chi connectivity index (χ0) is 11.7. The maximum absolute atomic E-state index is 5.41. The van der Waals surface area contributed by atoms with Gasteiger partial charge in [-0.2, -0.15) is 0 Å². The molecule has 0 amide bonds. The molecule has 1 heterocycles. The average molecular weight is 251 g/mol. The van der Waals surface area contributed by atoms with Gasteiger partial charge in [0.2, 0.25) is 6.79 Å². The largest absolute Gasteiger partial charge is 0.454 e. The first-order valence-electron chi connectivity index (χ1n) is 6.05. The lowest BCUT2D eigenvalue weighted by molar-refractivity contribution is 0.174. The molecule has 0 bridgehead atoms. The van der Waals surface area contributed by atoms with Crippen LogP contribution in [0.1, 0.15) is 19.3 Å². The number of ether oxygens (including phenoxy) is 2. The van der Waals surface area contributed by atoms with Crippen LogP contribution >= 0.6 is 11.8 Å². The van der Waals surface area contributed by atoms with Crippen LogP contribution < -0.4 is 14.8 Å². The number of benzene rings is 1. The number of thioether (sulfide) groups is 1. The molecule has 2 aliphatic rings. The molecule has 1 fully saturated rings. The van der Waals surface area contributed by atoms with E-state index in [-0.39, 0.29) is 0 Å². The molecule has 0 unspecified atom stereocenters. The predicted molar refractivity (Wildman–Crippen MR) is 68.9 cm³/mol. The second-order valence-electron chi connectivity index (χ2n) is 4.68. The molecule has 1 aliphatic carbocycles. The topological polar surface area (TPSA) is 30.5 Å². The van der Waals surface area contributed by atoms with Crippen LogP contribution in [0.4, 0.5) is 0 Å². The molecule has 4 heteroatoms. The number of rotatable bonds is 4. The Morgan fingerprint density at radius 1 is 1.29 bits per heavy atom. The summed E-state index contributed by atoms with van der Waals surface area (Å²) in [6, 6.07) is 6.24. The van der Waals surface area contributed by atoms with E-state index < -0.39 is 0 Å². The highest BCUT2D eigenvalue weighted by Crippen LogP contribution is 2.48. The minimum absolute atomic E-state index is 0.352. The zero-order valence-electron chi connectivity index (χ0n) is 9.99. The molecule has 1 aromatic carbocycles. The van der Waals surface area contributed by atoms with Crippen molar-refractivity contribution in [1.29, 1.82) is 0 Å². The average Bonchev–Trinajstić information content (AvgIpc) is 2.73. The van der Waals surface area contributed by atoms with Gasteiger partial charge in [-0.25, -0.2) is 0 Å². The maximum Gasteiger partial charge on any atom is 0.231 e. The molecule has 1 N–H and O–H groups in total. The Morgan fingerprint density at radius 2 is 2.12 bits per heavy atom. The van der Waals surface area contributed by atoms with Crippen molar-refractivity contribution in [2.45, 2.75) is 28.9 Å².